The van der Waals surface area contributed by atoms with Gasteiger partial charge in [0.25, 0.3) is 0 Å². The topological polar surface area (TPSA) is 68.9 Å². The number of pyridine rings is 1. The van der Waals surface area contributed by atoms with Gasteiger partial charge in [-0.1, -0.05) is 5.16 Å². The highest BCUT2D eigenvalue weighted by atomic mass is 79.9. The van der Waals surface area contributed by atoms with Crippen LogP contribution in [-0.4, -0.2) is 20.9 Å². The Morgan fingerprint density at radius 3 is 2.94 bits per heavy atom. The Hall–Kier alpha value is -1.56. The second-order valence-electron chi connectivity index (χ2n) is 4.23. The molecule has 0 aromatic carbocycles. The van der Waals surface area contributed by atoms with E-state index in [4.69, 9.17) is 4.52 Å². The molecule has 5 nitrogen and oxygen atoms in total. The minimum atomic E-state index is -0.221. The number of carbonyl (C=O) groups excluding carboxylic acids is 1. The molecule has 0 radical (unpaired) electrons. The average molecular weight is 308 g/mol. The second kappa shape index (κ2) is 4.61. The maximum absolute atomic E-state index is 11.6. The number of aromatic nitrogens is 3. The second-order valence-corrected chi connectivity index (χ2v) is 5.14. The van der Waals surface area contributed by atoms with Crippen molar-refractivity contribution in [3.8, 4) is 11.5 Å². The Morgan fingerprint density at radius 2 is 2.28 bits per heavy atom. The number of ketones is 1. The monoisotopic (exact) mass is 307 g/mol. The summed E-state index contributed by atoms with van der Waals surface area (Å²) in [5, 5.41) is 3.88. The van der Waals surface area contributed by atoms with Crippen molar-refractivity contribution in [3.05, 3.63) is 28.7 Å². The van der Waals surface area contributed by atoms with E-state index in [1.165, 1.54) is 0 Å². The molecule has 92 valence electrons. The van der Waals surface area contributed by atoms with Crippen molar-refractivity contribution in [2.45, 2.75) is 25.2 Å². The van der Waals surface area contributed by atoms with E-state index < -0.39 is 0 Å². The van der Waals surface area contributed by atoms with Gasteiger partial charge in [0.2, 0.25) is 11.7 Å². The van der Waals surface area contributed by atoms with Crippen molar-refractivity contribution in [1.29, 1.82) is 0 Å². The van der Waals surface area contributed by atoms with Crippen LogP contribution in [0.4, 0.5) is 0 Å². The maximum atomic E-state index is 11.6. The van der Waals surface area contributed by atoms with Gasteiger partial charge < -0.3 is 4.52 Å². The van der Waals surface area contributed by atoms with E-state index in [9.17, 15) is 4.79 Å². The lowest BCUT2D eigenvalue weighted by Crippen LogP contribution is -2.04. The lowest BCUT2D eigenvalue weighted by atomic mass is 10.1. The van der Waals surface area contributed by atoms with Crippen LogP contribution >= 0.6 is 15.9 Å². The molecule has 1 atom stereocenters. The molecule has 0 saturated heterocycles. The fraction of sp³-hybridized carbons (Fsp3) is 0.333. The van der Waals surface area contributed by atoms with Crippen LogP contribution in [-0.2, 0) is 4.79 Å². The normalized spacial score (nSPS) is 19.4. The van der Waals surface area contributed by atoms with Crippen LogP contribution in [0.1, 0.15) is 31.1 Å². The Balaban J connectivity index is 1.89. The molecule has 3 rings (SSSR count). The van der Waals surface area contributed by atoms with E-state index in [-0.39, 0.29) is 11.7 Å². The SMILES string of the molecule is O=C1CCCC1c1nc(-c2ccc(Br)cn2)no1. The third-order valence-corrected chi connectivity index (χ3v) is 3.47. The highest BCUT2D eigenvalue weighted by molar-refractivity contribution is 9.10. The smallest absolute Gasteiger partial charge is 0.237 e. The van der Waals surface area contributed by atoms with Crippen molar-refractivity contribution in [2.24, 2.45) is 0 Å². The largest absolute Gasteiger partial charge is 0.338 e. The summed E-state index contributed by atoms with van der Waals surface area (Å²) in [6.07, 6.45) is 3.98. The summed E-state index contributed by atoms with van der Waals surface area (Å²) in [7, 11) is 0. The third-order valence-electron chi connectivity index (χ3n) is 3.00. The summed E-state index contributed by atoms with van der Waals surface area (Å²) in [6.45, 7) is 0. The van der Waals surface area contributed by atoms with Gasteiger partial charge in [0.15, 0.2) is 0 Å². The van der Waals surface area contributed by atoms with Crippen LogP contribution in [0, 0.1) is 0 Å². The van der Waals surface area contributed by atoms with Gasteiger partial charge in [-0.25, -0.2) is 0 Å². The van der Waals surface area contributed by atoms with Crippen LogP contribution in [0.25, 0.3) is 11.5 Å². The molecule has 2 aromatic rings. The van der Waals surface area contributed by atoms with E-state index in [2.05, 4.69) is 31.1 Å². The lowest BCUT2D eigenvalue weighted by Gasteiger charge is -1.98. The summed E-state index contributed by atoms with van der Waals surface area (Å²) >= 11 is 3.31. The molecule has 1 fully saturated rings. The predicted octanol–water partition coefficient (Wildman–Crippen LogP) is 2.73. The quantitative estimate of drug-likeness (QED) is 0.853. The van der Waals surface area contributed by atoms with Crippen molar-refractivity contribution >= 4 is 21.7 Å². The van der Waals surface area contributed by atoms with Crippen molar-refractivity contribution in [1.82, 2.24) is 15.1 Å². The van der Waals surface area contributed by atoms with Gasteiger partial charge in [0.1, 0.15) is 11.5 Å². The first-order valence-corrected chi connectivity index (χ1v) is 6.51. The molecule has 1 aliphatic carbocycles. The van der Waals surface area contributed by atoms with E-state index >= 15 is 0 Å². The molecule has 0 amide bonds. The summed E-state index contributed by atoms with van der Waals surface area (Å²) in [4.78, 5) is 20.1. The molecule has 0 aliphatic heterocycles. The lowest BCUT2D eigenvalue weighted by molar-refractivity contribution is -0.119. The molecule has 1 aliphatic rings. The van der Waals surface area contributed by atoms with E-state index in [0.717, 1.165) is 17.3 Å². The van der Waals surface area contributed by atoms with Crippen molar-refractivity contribution in [2.75, 3.05) is 0 Å². The molecular weight excluding hydrogens is 298 g/mol. The molecule has 1 saturated carbocycles. The average Bonchev–Trinajstić information content (AvgIpc) is 2.98. The molecule has 2 heterocycles. The first-order chi connectivity index (χ1) is 8.74. The summed E-state index contributed by atoms with van der Waals surface area (Å²) in [5.41, 5.74) is 0.638. The fourth-order valence-corrected chi connectivity index (χ4v) is 2.30. The number of hydrogen-bond acceptors (Lipinski definition) is 5. The van der Waals surface area contributed by atoms with Crippen LogP contribution in [0.3, 0.4) is 0 Å². The van der Waals surface area contributed by atoms with Gasteiger partial charge in [-0.2, -0.15) is 4.98 Å². The molecular formula is C12H10BrN3O2. The number of nitrogens with zero attached hydrogens (tertiary/aromatic N) is 3. The molecule has 2 aromatic heterocycles. The molecule has 6 heteroatoms. The van der Waals surface area contributed by atoms with Crippen LogP contribution in [0.5, 0.6) is 0 Å². The summed E-state index contributed by atoms with van der Waals surface area (Å²) in [5.74, 6) is 0.810. The van der Waals surface area contributed by atoms with Gasteiger partial charge >= 0.3 is 0 Å². The Bertz CT molecular complexity index is 579. The standard InChI is InChI=1S/C12H10BrN3O2/c13-7-4-5-9(14-6-7)11-15-12(18-16-11)8-2-1-3-10(8)17/h4-6,8H,1-3H2. The minimum absolute atomic E-state index is 0.189. The minimum Gasteiger partial charge on any atom is -0.338 e. The highest BCUT2D eigenvalue weighted by Gasteiger charge is 2.31. The molecule has 0 spiro atoms. The van der Waals surface area contributed by atoms with E-state index in [1.54, 1.807) is 12.3 Å². The predicted molar refractivity (Wildman–Crippen MR) is 66.8 cm³/mol. The Labute approximate surface area is 112 Å². The zero-order valence-electron chi connectivity index (χ0n) is 9.47. The van der Waals surface area contributed by atoms with E-state index in [1.807, 2.05) is 6.07 Å². The van der Waals surface area contributed by atoms with Gasteiger partial charge in [-0.3, -0.25) is 9.78 Å². The number of Topliss-reactive ketones (excluding diaryl/α,β-unsaturated/α-hetero) is 1. The molecule has 0 N–H and O–H groups in total. The van der Waals surface area contributed by atoms with Gasteiger partial charge in [0, 0.05) is 17.1 Å². The summed E-state index contributed by atoms with van der Waals surface area (Å²) < 4.78 is 6.06. The Kier molecular flexibility index (Phi) is 2.95. The van der Waals surface area contributed by atoms with Gasteiger partial charge in [-0.15, -0.1) is 0 Å². The Morgan fingerprint density at radius 1 is 1.39 bits per heavy atom. The van der Waals surface area contributed by atoms with Crippen LogP contribution in [0.2, 0.25) is 0 Å². The van der Waals surface area contributed by atoms with Crippen molar-refractivity contribution < 1.29 is 9.32 Å². The van der Waals surface area contributed by atoms with Crippen LogP contribution in [0.15, 0.2) is 27.3 Å². The third kappa shape index (κ3) is 2.08. The molecule has 0 bridgehead atoms. The number of rotatable bonds is 2. The first-order valence-electron chi connectivity index (χ1n) is 5.72. The summed E-state index contributed by atoms with van der Waals surface area (Å²) in [6, 6.07) is 3.66. The van der Waals surface area contributed by atoms with Crippen molar-refractivity contribution in [3.63, 3.8) is 0 Å². The fourth-order valence-electron chi connectivity index (χ4n) is 2.07. The van der Waals surface area contributed by atoms with Gasteiger partial charge in [0.05, 0.1) is 5.92 Å². The maximum Gasteiger partial charge on any atom is 0.237 e. The zero-order chi connectivity index (χ0) is 12.5. The molecule has 18 heavy (non-hydrogen) atoms. The van der Waals surface area contributed by atoms with Gasteiger partial charge in [-0.05, 0) is 40.9 Å². The number of hydrogen-bond donors (Lipinski definition) is 0. The number of carbonyl (C=O) groups is 1. The first kappa shape index (κ1) is 11.5. The number of halogens is 1. The zero-order valence-corrected chi connectivity index (χ0v) is 11.1. The van der Waals surface area contributed by atoms with Crippen LogP contribution < -0.4 is 0 Å². The van der Waals surface area contributed by atoms with E-state index in [0.29, 0.717) is 23.8 Å². The highest BCUT2D eigenvalue weighted by Crippen LogP contribution is 2.30. The molecule has 1 unspecified atom stereocenters.